The van der Waals surface area contributed by atoms with Crippen LogP contribution in [-0.2, 0) is 0 Å². The van der Waals surface area contributed by atoms with E-state index < -0.39 is 5.82 Å². The van der Waals surface area contributed by atoms with E-state index in [4.69, 9.17) is 10.5 Å². The number of carbonyl (C=O) groups is 1. The van der Waals surface area contributed by atoms with Crippen molar-refractivity contribution in [2.75, 3.05) is 18.2 Å². The largest absolute Gasteiger partial charge is 0.496 e. The van der Waals surface area contributed by atoms with Crippen LogP contribution in [0.4, 0.5) is 15.8 Å². The molecule has 0 atom stereocenters. The van der Waals surface area contributed by atoms with Gasteiger partial charge in [-0.2, -0.15) is 0 Å². The van der Waals surface area contributed by atoms with E-state index in [0.717, 1.165) is 0 Å². The summed E-state index contributed by atoms with van der Waals surface area (Å²) in [5, 5.41) is 2.67. The number of halogens is 2. The first-order valence-electron chi connectivity index (χ1n) is 5.71. The highest BCUT2D eigenvalue weighted by atomic mass is 79.9. The van der Waals surface area contributed by atoms with Crippen molar-refractivity contribution in [1.29, 1.82) is 0 Å². The van der Waals surface area contributed by atoms with Crippen molar-refractivity contribution in [3.8, 4) is 5.75 Å². The van der Waals surface area contributed by atoms with Crippen molar-refractivity contribution in [1.82, 2.24) is 0 Å². The molecule has 2 rings (SSSR count). The average molecular weight is 339 g/mol. The van der Waals surface area contributed by atoms with Gasteiger partial charge in [-0.15, -0.1) is 0 Å². The van der Waals surface area contributed by atoms with Crippen molar-refractivity contribution in [3.05, 3.63) is 52.3 Å². The number of methoxy groups -OCH3 is 1. The molecule has 2 aromatic carbocycles. The Morgan fingerprint density at radius 3 is 2.70 bits per heavy atom. The lowest BCUT2D eigenvalue weighted by molar-refractivity contribution is 0.102. The smallest absolute Gasteiger partial charge is 0.259 e. The second-order valence-electron chi connectivity index (χ2n) is 4.04. The van der Waals surface area contributed by atoms with Gasteiger partial charge in [0.05, 0.1) is 18.4 Å². The Bertz CT molecular complexity index is 662. The molecule has 0 spiro atoms. The van der Waals surface area contributed by atoms with Crippen LogP contribution < -0.4 is 15.8 Å². The summed E-state index contributed by atoms with van der Waals surface area (Å²) < 4.78 is 18.6. The van der Waals surface area contributed by atoms with E-state index in [1.807, 2.05) is 0 Å². The van der Waals surface area contributed by atoms with Crippen molar-refractivity contribution in [3.63, 3.8) is 0 Å². The third-order valence-corrected chi connectivity index (χ3v) is 3.30. The molecule has 0 saturated carbocycles. The fourth-order valence-electron chi connectivity index (χ4n) is 1.68. The van der Waals surface area contributed by atoms with Crippen molar-refractivity contribution in [2.45, 2.75) is 0 Å². The summed E-state index contributed by atoms with van der Waals surface area (Å²) >= 11 is 3.19. The van der Waals surface area contributed by atoms with Gasteiger partial charge in [-0.05, 0) is 52.3 Å². The Morgan fingerprint density at radius 1 is 1.30 bits per heavy atom. The summed E-state index contributed by atoms with van der Waals surface area (Å²) in [4.78, 5) is 12.2. The minimum atomic E-state index is -0.392. The van der Waals surface area contributed by atoms with E-state index >= 15 is 0 Å². The first kappa shape index (κ1) is 14.3. The zero-order valence-electron chi connectivity index (χ0n) is 10.6. The number of nitrogens with two attached hydrogens (primary N) is 1. The van der Waals surface area contributed by atoms with E-state index in [1.165, 1.54) is 31.4 Å². The number of rotatable bonds is 3. The maximum absolute atomic E-state index is 13.0. The molecule has 1 amide bonds. The normalized spacial score (nSPS) is 10.2. The molecule has 104 valence electrons. The first-order chi connectivity index (χ1) is 9.51. The zero-order valence-corrected chi connectivity index (χ0v) is 12.2. The molecule has 0 aliphatic heterocycles. The molecular weight excluding hydrogens is 327 g/mol. The third-order valence-electron chi connectivity index (χ3n) is 2.65. The monoisotopic (exact) mass is 338 g/mol. The maximum atomic E-state index is 13.0. The van der Waals surface area contributed by atoms with E-state index in [9.17, 15) is 9.18 Å². The van der Waals surface area contributed by atoms with Crippen LogP contribution in [0.25, 0.3) is 0 Å². The number of anilines is 2. The number of hydrogen-bond acceptors (Lipinski definition) is 3. The van der Waals surface area contributed by atoms with Gasteiger partial charge in [0.1, 0.15) is 11.6 Å². The lowest BCUT2D eigenvalue weighted by atomic mass is 10.1. The molecule has 0 fully saturated rings. The van der Waals surface area contributed by atoms with Crippen LogP contribution in [0.2, 0.25) is 0 Å². The van der Waals surface area contributed by atoms with Crippen molar-refractivity contribution >= 4 is 33.2 Å². The molecule has 2 aromatic rings. The molecule has 20 heavy (non-hydrogen) atoms. The quantitative estimate of drug-likeness (QED) is 0.842. The molecule has 3 N–H and O–H groups in total. The standard InChI is InChI=1S/C14H12BrFN2O2/c1-20-13-5-3-9(17)7-10(13)14(19)18-12-4-2-8(16)6-11(12)15/h2-7H,17H2,1H3,(H,18,19). The Morgan fingerprint density at radius 2 is 2.05 bits per heavy atom. The molecule has 0 radical (unpaired) electrons. The Balaban J connectivity index is 2.30. The minimum absolute atomic E-state index is 0.309. The second-order valence-corrected chi connectivity index (χ2v) is 4.89. The highest BCUT2D eigenvalue weighted by Crippen LogP contribution is 2.26. The van der Waals surface area contributed by atoms with E-state index in [1.54, 1.807) is 12.1 Å². The van der Waals surface area contributed by atoms with E-state index in [-0.39, 0.29) is 5.91 Å². The molecule has 4 nitrogen and oxygen atoms in total. The van der Waals surface area contributed by atoms with Gasteiger partial charge in [-0.1, -0.05) is 0 Å². The lowest BCUT2D eigenvalue weighted by Gasteiger charge is -2.11. The predicted molar refractivity (Wildman–Crippen MR) is 79.5 cm³/mol. The van der Waals surface area contributed by atoms with Gasteiger partial charge in [0.15, 0.2) is 0 Å². The average Bonchev–Trinajstić information content (AvgIpc) is 2.41. The molecule has 0 saturated heterocycles. The Kier molecular flexibility index (Phi) is 4.24. The second kappa shape index (κ2) is 5.92. The SMILES string of the molecule is COc1ccc(N)cc1C(=O)Nc1ccc(F)cc1Br. The summed E-state index contributed by atoms with van der Waals surface area (Å²) in [5.74, 6) is -0.368. The van der Waals surface area contributed by atoms with Crippen molar-refractivity contribution in [2.24, 2.45) is 0 Å². The van der Waals surface area contributed by atoms with Crippen LogP contribution in [0.3, 0.4) is 0 Å². The Labute approximate surface area is 123 Å². The maximum Gasteiger partial charge on any atom is 0.259 e. The predicted octanol–water partition coefficient (Wildman–Crippen LogP) is 3.43. The molecule has 0 unspecified atom stereocenters. The summed E-state index contributed by atoms with van der Waals surface area (Å²) in [6.07, 6.45) is 0. The molecule has 0 aliphatic carbocycles. The number of amides is 1. The third kappa shape index (κ3) is 3.08. The fraction of sp³-hybridized carbons (Fsp3) is 0.0714. The van der Waals surface area contributed by atoms with Gasteiger partial charge < -0.3 is 15.8 Å². The first-order valence-corrected chi connectivity index (χ1v) is 6.50. The summed E-state index contributed by atoms with van der Waals surface area (Å²) in [5.41, 5.74) is 6.89. The molecule has 6 heteroatoms. The number of nitrogens with one attached hydrogen (secondary N) is 1. The van der Waals surface area contributed by atoms with Gasteiger partial charge in [0, 0.05) is 10.2 Å². The fourth-order valence-corrected chi connectivity index (χ4v) is 2.13. The minimum Gasteiger partial charge on any atom is -0.496 e. The summed E-state index contributed by atoms with van der Waals surface area (Å²) in [7, 11) is 1.47. The van der Waals surface area contributed by atoms with Crippen LogP contribution >= 0.6 is 15.9 Å². The number of benzene rings is 2. The highest BCUT2D eigenvalue weighted by Gasteiger charge is 2.14. The molecular formula is C14H12BrFN2O2. The molecule has 0 bridgehead atoms. The number of hydrogen-bond donors (Lipinski definition) is 2. The molecule has 0 heterocycles. The van der Waals surface area contributed by atoms with Crippen LogP contribution in [0.5, 0.6) is 5.75 Å². The topological polar surface area (TPSA) is 64.3 Å². The Hall–Kier alpha value is -2.08. The zero-order chi connectivity index (χ0) is 14.7. The van der Waals surface area contributed by atoms with Crippen LogP contribution in [0, 0.1) is 5.82 Å². The van der Waals surface area contributed by atoms with Gasteiger partial charge in [-0.3, -0.25) is 4.79 Å². The van der Waals surface area contributed by atoms with E-state index in [0.29, 0.717) is 27.2 Å². The molecule has 0 aromatic heterocycles. The van der Waals surface area contributed by atoms with Gasteiger partial charge in [0.2, 0.25) is 0 Å². The number of nitrogen functional groups attached to an aromatic ring is 1. The van der Waals surface area contributed by atoms with Crippen LogP contribution in [0.15, 0.2) is 40.9 Å². The highest BCUT2D eigenvalue weighted by molar-refractivity contribution is 9.10. The van der Waals surface area contributed by atoms with Crippen molar-refractivity contribution < 1.29 is 13.9 Å². The molecule has 0 aliphatic rings. The van der Waals surface area contributed by atoms with Gasteiger partial charge in [-0.25, -0.2) is 4.39 Å². The number of ether oxygens (including phenoxy) is 1. The van der Waals surface area contributed by atoms with E-state index in [2.05, 4.69) is 21.2 Å². The van der Waals surface area contributed by atoms with Crippen LogP contribution in [-0.4, -0.2) is 13.0 Å². The number of carbonyl (C=O) groups excluding carboxylic acids is 1. The van der Waals surface area contributed by atoms with Crippen LogP contribution in [0.1, 0.15) is 10.4 Å². The summed E-state index contributed by atoms with van der Waals surface area (Å²) in [6.45, 7) is 0. The summed E-state index contributed by atoms with van der Waals surface area (Å²) in [6, 6.07) is 8.78. The van der Waals surface area contributed by atoms with Gasteiger partial charge in [0.25, 0.3) is 5.91 Å². The lowest BCUT2D eigenvalue weighted by Crippen LogP contribution is -2.14. The van der Waals surface area contributed by atoms with Gasteiger partial charge >= 0.3 is 0 Å².